The molecule has 0 spiro atoms. The van der Waals surface area contributed by atoms with Crippen molar-refractivity contribution < 1.29 is 17.9 Å². The van der Waals surface area contributed by atoms with Crippen LogP contribution in [0.3, 0.4) is 0 Å². The Balaban J connectivity index is 1.86. The minimum absolute atomic E-state index is 0.124. The van der Waals surface area contributed by atoms with Gasteiger partial charge >= 0.3 is 0 Å². The van der Waals surface area contributed by atoms with Crippen LogP contribution in [0, 0.1) is 13.8 Å². The molecule has 23 heavy (non-hydrogen) atoms. The molecule has 1 aromatic carbocycles. The van der Waals surface area contributed by atoms with E-state index in [0.29, 0.717) is 22.7 Å². The van der Waals surface area contributed by atoms with Gasteiger partial charge in [-0.25, -0.2) is 18.1 Å². The molecule has 3 rings (SSSR count). The van der Waals surface area contributed by atoms with Crippen molar-refractivity contribution in [2.24, 2.45) is 0 Å². The van der Waals surface area contributed by atoms with Gasteiger partial charge in [-0.1, -0.05) is 0 Å². The lowest BCUT2D eigenvalue weighted by Crippen LogP contribution is -2.27. The Kier molecular flexibility index (Phi) is 4.09. The first-order chi connectivity index (χ1) is 10.8. The van der Waals surface area contributed by atoms with Crippen LogP contribution in [0.1, 0.15) is 16.3 Å². The second-order valence-corrected chi connectivity index (χ2v) is 7.93. The number of hydrogen-bond donors (Lipinski definition) is 2. The van der Waals surface area contributed by atoms with Gasteiger partial charge in [0.2, 0.25) is 10.0 Å². The zero-order valence-electron chi connectivity index (χ0n) is 12.5. The number of amides is 1. The zero-order valence-corrected chi connectivity index (χ0v) is 14.2. The highest BCUT2D eigenvalue weighted by Gasteiger charge is 2.23. The fourth-order valence-corrected chi connectivity index (χ4v) is 4.09. The Morgan fingerprint density at radius 3 is 2.87 bits per heavy atom. The topological polar surface area (TPSA) is 97.4 Å². The number of aromatic nitrogens is 1. The van der Waals surface area contributed by atoms with Gasteiger partial charge in [0.15, 0.2) is 6.61 Å². The summed E-state index contributed by atoms with van der Waals surface area (Å²) in [6.45, 7) is 3.53. The summed E-state index contributed by atoms with van der Waals surface area (Å²) in [5, 5.41) is 5.35. The van der Waals surface area contributed by atoms with Crippen LogP contribution in [0.15, 0.2) is 22.4 Å². The molecule has 0 radical (unpaired) electrons. The molecule has 0 aliphatic carbocycles. The van der Waals surface area contributed by atoms with E-state index in [9.17, 15) is 13.2 Å². The summed E-state index contributed by atoms with van der Waals surface area (Å²) in [6.07, 6.45) is 0. The molecule has 0 unspecified atom stereocenters. The third-order valence-electron chi connectivity index (χ3n) is 3.31. The summed E-state index contributed by atoms with van der Waals surface area (Å²) in [7, 11) is -3.70. The first kappa shape index (κ1) is 15.9. The van der Waals surface area contributed by atoms with Crippen LogP contribution in [0.5, 0.6) is 5.75 Å². The number of aryl methyl sites for hydroxylation is 2. The monoisotopic (exact) mass is 353 g/mol. The number of anilines is 1. The Bertz CT molecular complexity index is 874. The predicted octanol–water partition coefficient (Wildman–Crippen LogP) is 1.57. The maximum Gasteiger partial charge on any atom is 0.262 e. The smallest absolute Gasteiger partial charge is 0.262 e. The molecular formula is C14H15N3O4S2. The summed E-state index contributed by atoms with van der Waals surface area (Å²) in [5.41, 5.74) is 1.68. The van der Waals surface area contributed by atoms with Crippen molar-refractivity contribution in [3.8, 4) is 5.75 Å². The Morgan fingerprint density at radius 1 is 1.39 bits per heavy atom. The van der Waals surface area contributed by atoms with Crippen molar-refractivity contribution in [3.63, 3.8) is 0 Å². The van der Waals surface area contributed by atoms with Crippen molar-refractivity contribution in [1.29, 1.82) is 0 Å². The minimum atomic E-state index is -3.70. The third kappa shape index (κ3) is 3.36. The second-order valence-electron chi connectivity index (χ2n) is 5.13. The molecule has 2 heterocycles. The van der Waals surface area contributed by atoms with Gasteiger partial charge in [-0.15, -0.1) is 11.3 Å². The fraction of sp³-hybridized carbons (Fsp3) is 0.286. The molecule has 7 nitrogen and oxygen atoms in total. The lowest BCUT2D eigenvalue weighted by Gasteiger charge is -2.20. The van der Waals surface area contributed by atoms with Crippen LogP contribution < -0.4 is 14.8 Å². The molecule has 122 valence electrons. The summed E-state index contributed by atoms with van der Waals surface area (Å²) < 4.78 is 32.8. The first-order valence-electron chi connectivity index (χ1n) is 6.83. The molecular weight excluding hydrogens is 338 g/mol. The van der Waals surface area contributed by atoms with Crippen molar-refractivity contribution >= 4 is 33.0 Å². The van der Waals surface area contributed by atoms with E-state index in [1.807, 2.05) is 12.3 Å². The highest BCUT2D eigenvalue weighted by atomic mass is 32.2. The number of nitrogens with zero attached hydrogens (tertiary/aromatic N) is 1. The minimum Gasteiger partial charge on any atom is -0.482 e. The summed E-state index contributed by atoms with van der Waals surface area (Å²) in [5.74, 6) is 0.0876. The number of nitrogens with one attached hydrogen (secondary N) is 2. The van der Waals surface area contributed by atoms with E-state index in [4.69, 9.17) is 4.74 Å². The van der Waals surface area contributed by atoms with Gasteiger partial charge in [-0.05, 0) is 25.5 Å². The quantitative estimate of drug-likeness (QED) is 0.869. The van der Waals surface area contributed by atoms with Gasteiger partial charge in [0.1, 0.15) is 5.75 Å². The van der Waals surface area contributed by atoms with Crippen molar-refractivity contribution in [3.05, 3.63) is 33.8 Å². The number of ether oxygens (including phenoxy) is 1. The lowest BCUT2D eigenvalue weighted by molar-refractivity contribution is -0.118. The van der Waals surface area contributed by atoms with Crippen molar-refractivity contribution in [2.45, 2.75) is 25.3 Å². The molecule has 0 fully saturated rings. The van der Waals surface area contributed by atoms with E-state index in [1.54, 1.807) is 13.0 Å². The number of sulfonamides is 1. The molecule has 0 saturated carbocycles. The number of rotatable bonds is 4. The van der Waals surface area contributed by atoms with E-state index >= 15 is 0 Å². The summed E-state index contributed by atoms with van der Waals surface area (Å²) >= 11 is 1.47. The molecule has 2 aromatic rings. The second kappa shape index (κ2) is 5.91. The third-order valence-corrected chi connectivity index (χ3v) is 5.67. The summed E-state index contributed by atoms with van der Waals surface area (Å²) in [4.78, 5) is 15.7. The van der Waals surface area contributed by atoms with Crippen LogP contribution in [0.2, 0.25) is 0 Å². The molecule has 1 aliphatic heterocycles. The lowest BCUT2D eigenvalue weighted by atomic mass is 10.2. The zero-order chi connectivity index (χ0) is 16.6. The average molecular weight is 353 g/mol. The van der Waals surface area contributed by atoms with E-state index < -0.39 is 10.0 Å². The van der Waals surface area contributed by atoms with E-state index in [1.165, 1.54) is 17.4 Å². The van der Waals surface area contributed by atoms with E-state index in [2.05, 4.69) is 15.0 Å². The maximum atomic E-state index is 12.5. The number of benzene rings is 1. The van der Waals surface area contributed by atoms with Gasteiger partial charge in [0.25, 0.3) is 5.91 Å². The van der Waals surface area contributed by atoms with Crippen LogP contribution in [0.4, 0.5) is 5.69 Å². The number of thiazole rings is 1. The largest absolute Gasteiger partial charge is 0.482 e. The Hall–Kier alpha value is -1.97. The molecule has 9 heteroatoms. The SMILES string of the molecule is Cc1nc(CNS(=O)(=O)c2cc3c(cc2C)NC(=O)CO3)cs1. The van der Waals surface area contributed by atoms with Gasteiger partial charge in [-0.2, -0.15) is 0 Å². The molecule has 2 N–H and O–H groups in total. The number of carbonyl (C=O) groups excluding carboxylic acids is 1. The van der Waals surface area contributed by atoms with Crippen LogP contribution in [-0.2, 0) is 21.4 Å². The highest BCUT2D eigenvalue weighted by molar-refractivity contribution is 7.89. The molecule has 0 saturated heterocycles. The highest BCUT2D eigenvalue weighted by Crippen LogP contribution is 2.32. The Labute approximate surface area is 137 Å². The van der Waals surface area contributed by atoms with Gasteiger partial charge in [0, 0.05) is 11.4 Å². The molecule has 1 aromatic heterocycles. The normalized spacial score (nSPS) is 14.1. The number of hydrogen-bond acceptors (Lipinski definition) is 6. The van der Waals surface area contributed by atoms with E-state index in [0.717, 1.165) is 5.01 Å². The standard InChI is InChI=1S/C14H15N3O4S2/c1-8-3-11-12(21-6-14(18)17-11)4-13(8)23(19,20)15-5-10-7-22-9(2)16-10/h3-4,7,15H,5-6H2,1-2H3,(H,17,18). The number of fused-ring (bicyclic) bond motifs is 1. The summed E-state index contributed by atoms with van der Waals surface area (Å²) in [6, 6.07) is 3.02. The molecule has 1 aliphatic rings. The average Bonchev–Trinajstić information content (AvgIpc) is 2.90. The van der Waals surface area contributed by atoms with Gasteiger partial charge < -0.3 is 10.1 Å². The van der Waals surface area contributed by atoms with Crippen molar-refractivity contribution in [2.75, 3.05) is 11.9 Å². The van der Waals surface area contributed by atoms with Crippen LogP contribution in [-0.4, -0.2) is 25.9 Å². The first-order valence-corrected chi connectivity index (χ1v) is 9.19. The fourth-order valence-electron chi connectivity index (χ4n) is 2.24. The molecule has 0 atom stereocenters. The van der Waals surface area contributed by atoms with Crippen molar-refractivity contribution in [1.82, 2.24) is 9.71 Å². The van der Waals surface area contributed by atoms with Gasteiger partial charge in [-0.3, -0.25) is 4.79 Å². The van der Waals surface area contributed by atoms with Crippen LogP contribution >= 0.6 is 11.3 Å². The predicted molar refractivity (Wildman–Crippen MR) is 86.2 cm³/mol. The van der Waals surface area contributed by atoms with Crippen LogP contribution in [0.25, 0.3) is 0 Å². The Morgan fingerprint density at radius 2 is 2.17 bits per heavy atom. The number of carbonyl (C=O) groups is 1. The maximum absolute atomic E-state index is 12.5. The molecule has 0 bridgehead atoms. The van der Waals surface area contributed by atoms with Gasteiger partial charge in [0.05, 0.1) is 27.8 Å². The van der Waals surface area contributed by atoms with E-state index in [-0.39, 0.29) is 24.0 Å². The molecule has 1 amide bonds.